The van der Waals surface area contributed by atoms with E-state index in [0.29, 0.717) is 33.1 Å². The third-order valence-corrected chi connectivity index (χ3v) is 8.78. The highest BCUT2D eigenvalue weighted by atomic mass is 16.3. The maximum Gasteiger partial charge on any atom is 0.227 e. The fraction of sp³-hybridized carbons (Fsp3) is 0. The molecule has 0 N–H and O–H groups in total. The molecule has 0 aliphatic heterocycles. The lowest BCUT2D eigenvalue weighted by molar-refractivity contribution is 0.620. The second-order valence-electron chi connectivity index (χ2n) is 11.9. The van der Waals surface area contributed by atoms with Crippen LogP contribution in [0.5, 0.6) is 0 Å². The minimum absolute atomic E-state index is 0.0779. The Hall–Kier alpha value is -6.91. The number of furan rings is 1. The molecule has 2 heterocycles. The van der Waals surface area contributed by atoms with Gasteiger partial charge in [-0.15, -0.1) is 0 Å². The first kappa shape index (κ1) is 19.9. The molecule has 0 aliphatic carbocycles. The Morgan fingerprint density at radius 2 is 1.22 bits per heavy atom. The molecule has 10 aromatic rings. The Bertz CT molecular complexity index is 3470. The van der Waals surface area contributed by atoms with Crippen LogP contribution in [0.2, 0.25) is 0 Å². The van der Waals surface area contributed by atoms with Gasteiger partial charge in [0, 0.05) is 50.4 Å². The van der Waals surface area contributed by atoms with Crippen LogP contribution in [-0.2, 0) is 0 Å². The highest BCUT2D eigenvalue weighted by Crippen LogP contribution is 2.42. The summed E-state index contributed by atoms with van der Waals surface area (Å²) in [7, 11) is 0. The summed E-state index contributed by atoms with van der Waals surface area (Å²) < 4.78 is 116. The summed E-state index contributed by atoms with van der Waals surface area (Å²) in [5, 5.41) is 2.14. The van der Waals surface area contributed by atoms with Crippen molar-refractivity contribution in [1.29, 1.82) is 0 Å². The van der Waals surface area contributed by atoms with Crippen LogP contribution in [0, 0.1) is 0 Å². The van der Waals surface area contributed by atoms with Crippen LogP contribution >= 0.6 is 0 Å². The first-order valence-corrected chi connectivity index (χ1v) is 16.2. The Morgan fingerprint density at radius 1 is 0.471 bits per heavy atom. The average molecular weight is 666 g/mol. The molecule has 51 heavy (non-hydrogen) atoms. The molecule has 0 aliphatic rings. The third kappa shape index (κ3) is 5.04. The lowest BCUT2D eigenvalue weighted by Gasteiger charge is -2.26. The standard InChI is InChI=1S/C47H30N2O2/c1-3-11-31(12-4-1)35-16-9-17-37(29-35)49(38-26-28-41-42-27-23-32-13-7-8-18-40(32)46(42)50-44(41)30-38)36-24-21-33(22-25-36)39-19-10-20-43-45(39)48-47(51-43)34-14-5-2-6-15-34/h1-30H/i9D,16D,17D,21D,22D,24D,25D,26D,28D,29D,30D. The van der Waals surface area contributed by atoms with Crippen LogP contribution in [0.25, 0.3) is 77.5 Å². The number of para-hydroxylation sites is 1. The van der Waals surface area contributed by atoms with Gasteiger partial charge in [0.2, 0.25) is 5.89 Å². The van der Waals surface area contributed by atoms with Crippen LogP contribution < -0.4 is 4.90 Å². The number of hydrogen-bond acceptors (Lipinski definition) is 4. The molecule has 0 amide bonds. The Morgan fingerprint density at radius 3 is 2.06 bits per heavy atom. The van der Waals surface area contributed by atoms with Gasteiger partial charge in [-0.2, -0.15) is 0 Å². The van der Waals surface area contributed by atoms with Crippen molar-refractivity contribution in [2.45, 2.75) is 0 Å². The van der Waals surface area contributed by atoms with Crippen LogP contribution in [0.15, 0.2) is 191 Å². The zero-order chi connectivity index (χ0) is 43.3. The van der Waals surface area contributed by atoms with Gasteiger partial charge in [-0.1, -0.05) is 115 Å². The highest BCUT2D eigenvalue weighted by Gasteiger charge is 2.18. The summed E-state index contributed by atoms with van der Waals surface area (Å²) in [6, 6.07) is 27.2. The lowest BCUT2D eigenvalue weighted by atomic mass is 10.0. The quantitative estimate of drug-likeness (QED) is 0.177. The normalized spacial score (nSPS) is 14.5. The number of fused-ring (bicyclic) bond motifs is 6. The molecule has 0 bridgehead atoms. The van der Waals surface area contributed by atoms with Gasteiger partial charge < -0.3 is 13.7 Å². The SMILES string of the molecule is [2H]c1c([2H])c(-c2ccccc2)c([2H])c(N(c2c([2H])c([2H])c(-c3cccc4oc(-c5ccccc5)nc34)c([2H])c2[2H])c2c([2H])c([2H])c3c(oc4c5ccccc5ccc43)c2[2H])c1[2H]. The van der Waals surface area contributed by atoms with Crippen molar-refractivity contribution in [2.75, 3.05) is 4.90 Å². The van der Waals surface area contributed by atoms with Gasteiger partial charge in [0.25, 0.3) is 0 Å². The molecule has 10 rings (SSSR count). The highest BCUT2D eigenvalue weighted by molar-refractivity contribution is 6.15. The summed E-state index contributed by atoms with van der Waals surface area (Å²) in [4.78, 5) is 5.62. The van der Waals surface area contributed by atoms with E-state index in [2.05, 4.69) is 0 Å². The van der Waals surface area contributed by atoms with Crippen molar-refractivity contribution in [3.8, 4) is 33.7 Å². The van der Waals surface area contributed by atoms with Gasteiger partial charge in [-0.25, -0.2) is 4.98 Å². The van der Waals surface area contributed by atoms with Crippen molar-refractivity contribution in [3.05, 3.63) is 182 Å². The average Bonchev–Trinajstić information content (AvgIpc) is 3.91. The fourth-order valence-corrected chi connectivity index (χ4v) is 6.35. The number of anilines is 3. The minimum atomic E-state index is -0.706. The number of nitrogens with zero attached hydrogens (tertiary/aromatic N) is 2. The Balaban J connectivity index is 1.30. The van der Waals surface area contributed by atoms with Crippen molar-refractivity contribution in [1.82, 2.24) is 4.98 Å². The predicted molar refractivity (Wildman–Crippen MR) is 210 cm³/mol. The molecule has 4 nitrogen and oxygen atoms in total. The van der Waals surface area contributed by atoms with E-state index in [4.69, 9.17) is 16.6 Å². The van der Waals surface area contributed by atoms with E-state index >= 15 is 0 Å². The summed E-state index contributed by atoms with van der Waals surface area (Å²) in [6.07, 6.45) is 0. The third-order valence-electron chi connectivity index (χ3n) is 8.78. The molecule has 8 aromatic carbocycles. The van der Waals surface area contributed by atoms with Gasteiger partial charge >= 0.3 is 0 Å². The molecule has 2 aromatic heterocycles. The molecule has 0 saturated heterocycles. The first-order valence-electron chi connectivity index (χ1n) is 21.7. The van der Waals surface area contributed by atoms with Gasteiger partial charge in [0.05, 0.1) is 15.1 Å². The second-order valence-corrected chi connectivity index (χ2v) is 11.9. The molecule has 0 fully saturated rings. The molecular weight excluding hydrogens is 625 g/mol. The predicted octanol–water partition coefficient (Wildman–Crippen LogP) is 13.4. The van der Waals surface area contributed by atoms with Crippen molar-refractivity contribution in [3.63, 3.8) is 0 Å². The molecule has 0 spiro atoms. The zero-order valence-electron chi connectivity index (χ0n) is 37.7. The van der Waals surface area contributed by atoms with E-state index < -0.39 is 83.5 Å². The number of oxazole rings is 1. The maximum atomic E-state index is 9.71. The van der Waals surface area contributed by atoms with Crippen LogP contribution in [0.4, 0.5) is 17.1 Å². The zero-order valence-corrected chi connectivity index (χ0v) is 26.7. The van der Waals surface area contributed by atoms with Crippen LogP contribution in [0.1, 0.15) is 15.1 Å². The maximum absolute atomic E-state index is 9.71. The number of hydrogen-bond donors (Lipinski definition) is 0. The number of benzene rings is 8. The molecule has 0 radical (unpaired) electrons. The lowest BCUT2D eigenvalue weighted by Crippen LogP contribution is -2.10. The number of aromatic nitrogens is 1. The first-order chi connectivity index (χ1) is 29.9. The largest absolute Gasteiger partial charge is 0.455 e. The summed E-state index contributed by atoms with van der Waals surface area (Å²) in [5.41, 5.74) is 0.363. The van der Waals surface area contributed by atoms with E-state index in [-0.39, 0.29) is 39.1 Å². The van der Waals surface area contributed by atoms with Gasteiger partial charge in [-0.3, -0.25) is 0 Å². The van der Waals surface area contributed by atoms with Gasteiger partial charge in [0.15, 0.2) is 5.58 Å². The van der Waals surface area contributed by atoms with Crippen molar-refractivity contribution in [2.24, 2.45) is 0 Å². The summed E-state index contributed by atoms with van der Waals surface area (Å²) >= 11 is 0. The van der Waals surface area contributed by atoms with Gasteiger partial charge in [0.1, 0.15) is 16.7 Å². The van der Waals surface area contributed by atoms with Gasteiger partial charge in [-0.05, 0) is 82.6 Å². The molecule has 0 unspecified atom stereocenters. The minimum Gasteiger partial charge on any atom is -0.455 e. The molecule has 240 valence electrons. The van der Waals surface area contributed by atoms with E-state index in [0.717, 1.165) is 10.3 Å². The van der Waals surface area contributed by atoms with E-state index in [1.807, 2.05) is 60.7 Å². The molecule has 0 atom stereocenters. The molecule has 0 saturated carbocycles. The smallest absolute Gasteiger partial charge is 0.227 e. The molecular formula is C47H30N2O2. The monoisotopic (exact) mass is 665 g/mol. The fourth-order valence-electron chi connectivity index (χ4n) is 6.35. The molecule has 4 heteroatoms. The van der Waals surface area contributed by atoms with E-state index in [1.165, 1.54) is 0 Å². The van der Waals surface area contributed by atoms with Crippen LogP contribution in [-0.4, -0.2) is 4.98 Å². The topological polar surface area (TPSA) is 42.4 Å². The summed E-state index contributed by atoms with van der Waals surface area (Å²) in [5.74, 6) is 0.279. The Kier molecular flexibility index (Phi) is 4.65. The second kappa shape index (κ2) is 11.9. The Labute approximate surface area is 309 Å². The van der Waals surface area contributed by atoms with Crippen LogP contribution in [0.3, 0.4) is 0 Å². The number of rotatable bonds is 6. The van der Waals surface area contributed by atoms with Crippen molar-refractivity contribution >= 4 is 60.9 Å². The van der Waals surface area contributed by atoms with Crippen molar-refractivity contribution < 1.29 is 23.9 Å². The van der Waals surface area contributed by atoms with E-state index in [9.17, 15) is 12.3 Å². The summed E-state index contributed by atoms with van der Waals surface area (Å²) in [6.45, 7) is 0. The van der Waals surface area contributed by atoms with E-state index in [1.54, 1.807) is 54.6 Å².